The Morgan fingerprint density at radius 3 is 2.33 bits per heavy atom. The highest BCUT2D eigenvalue weighted by Crippen LogP contribution is 2.11. The van der Waals surface area contributed by atoms with Crippen LogP contribution in [0.2, 0.25) is 0 Å². The molecule has 1 atom stereocenters. The molecule has 0 aliphatic rings. The predicted molar refractivity (Wildman–Crippen MR) is 86.3 cm³/mol. The van der Waals surface area contributed by atoms with Crippen LogP contribution in [0.25, 0.3) is 0 Å². The SMILES string of the molecule is CCNC(=O)[C@H](C)NC(=O)CCNC(=O)c1ccc([N+](=O)[O-])cc1. The zero-order valence-electron chi connectivity index (χ0n) is 13.5. The van der Waals surface area contributed by atoms with Crippen molar-refractivity contribution in [2.24, 2.45) is 0 Å². The van der Waals surface area contributed by atoms with Crippen molar-refractivity contribution in [3.05, 3.63) is 39.9 Å². The van der Waals surface area contributed by atoms with Gasteiger partial charge in [-0.1, -0.05) is 0 Å². The molecule has 1 aromatic carbocycles. The van der Waals surface area contributed by atoms with Crippen molar-refractivity contribution in [2.45, 2.75) is 26.3 Å². The third-order valence-corrected chi connectivity index (χ3v) is 3.10. The van der Waals surface area contributed by atoms with Crippen LogP contribution in [0.5, 0.6) is 0 Å². The minimum absolute atomic E-state index is 0.0163. The zero-order chi connectivity index (χ0) is 18.1. The van der Waals surface area contributed by atoms with Crippen LogP contribution in [0, 0.1) is 10.1 Å². The van der Waals surface area contributed by atoms with Crippen LogP contribution >= 0.6 is 0 Å². The number of carbonyl (C=O) groups is 3. The monoisotopic (exact) mass is 336 g/mol. The molecule has 24 heavy (non-hydrogen) atoms. The summed E-state index contributed by atoms with van der Waals surface area (Å²) >= 11 is 0. The molecule has 9 nitrogen and oxygen atoms in total. The molecule has 0 spiro atoms. The molecular formula is C15H20N4O5. The van der Waals surface area contributed by atoms with Gasteiger partial charge < -0.3 is 16.0 Å². The fourth-order valence-electron chi connectivity index (χ4n) is 1.83. The first-order valence-corrected chi connectivity index (χ1v) is 7.44. The van der Waals surface area contributed by atoms with Gasteiger partial charge in [-0.05, 0) is 26.0 Å². The zero-order valence-corrected chi connectivity index (χ0v) is 13.5. The lowest BCUT2D eigenvalue weighted by Crippen LogP contribution is -2.45. The van der Waals surface area contributed by atoms with E-state index in [0.717, 1.165) is 0 Å². The second kappa shape index (κ2) is 9.23. The van der Waals surface area contributed by atoms with E-state index in [1.165, 1.54) is 24.3 Å². The number of nitrogens with one attached hydrogen (secondary N) is 3. The Hall–Kier alpha value is -2.97. The van der Waals surface area contributed by atoms with E-state index in [0.29, 0.717) is 6.54 Å². The average Bonchev–Trinajstić information content (AvgIpc) is 2.54. The third kappa shape index (κ3) is 6.03. The van der Waals surface area contributed by atoms with E-state index < -0.39 is 16.9 Å². The van der Waals surface area contributed by atoms with E-state index >= 15 is 0 Å². The first-order valence-electron chi connectivity index (χ1n) is 7.44. The van der Waals surface area contributed by atoms with E-state index in [1.807, 2.05) is 0 Å². The van der Waals surface area contributed by atoms with Crippen LogP contribution < -0.4 is 16.0 Å². The van der Waals surface area contributed by atoms with Gasteiger partial charge in [0.2, 0.25) is 11.8 Å². The number of hydrogen-bond donors (Lipinski definition) is 3. The molecule has 0 bridgehead atoms. The smallest absolute Gasteiger partial charge is 0.269 e. The number of rotatable bonds is 8. The van der Waals surface area contributed by atoms with E-state index in [9.17, 15) is 24.5 Å². The molecule has 3 amide bonds. The van der Waals surface area contributed by atoms with Gasteiger partial charge in [-0.25, -0.2) is 0 Å². The maximum Gasteiger partial charge on any atom is 0.269 e. The Morgan fingerprint density at radius 1 is 1.17 bits per heavy atom. The van der Waals surface area contributed by atoms with Gasteiger partial charge in [0.05, 0.1) is 4.92 Å². The van der Waals surface area contributed by atoms with Gasteiger partial charge in [0.15, 0.2) is 0 Å². The van der Waals surface area contributed by atoms with E-state index in [-0.39, 0.29) is 36.0 Å². The summed E-state index contributed by atoms with van der Waals surface area (Å²) in [5.74, 6) is -1.08. The van der Waals surface area contributed by atoms with Crippen LogP contribution in [0.3, 0.4) is 0 Å². The first kappa shape index (κ1) is 19.1. The van der Waals surface area contributed by atoms with Crippen molar-refractivity contribution in [3.63, 3.8) is 0 Å². The van der Waals surface area contributed by atoms with Gasteiger partial charge in [0.25, 0.3) is 11.6 Å². The Kier molecular flexibility index (Phi) is 7.34. The molecule has 0 aromatic heterocycles. The molecule has 0 unspecified atom stereocenters. The van der Waals surface area contributed by atoms with Gasteiger partial charge in [0.1, 0.15) is 6.04 Å². The normalized spacial score (nSPS) is 11.2. The Morgan fingerprint density at radius 2 is 1.79 bits per heavy atom. The largest absolute Gasteiger partial charge is 0.355 e. The van der Waals surface area contributed by atoms with Crippen molar-refractivity contribution in [1.29, 1.82) is 0 Å². The first-order chi connectivity index (χ1) is 11.3. The van der Waals surface area contributed by atoms with Crippen LogP contribution in [-0.4, -0.2) is 41.8 Å². The number of nitrogens with zero attached hydrogens (tertiary/aromatic N) is 1. The highest BCUT2D eigenvalue weighted by molar-refractivity contribution is 5.94. The summed E-state index contributed by atoms with van der Waals surface area (Å²) < 4.78 is 0. The minimum atomic E-state index is -0.650. The van der Waals surface area contributed by atoms with Gasteiger partial charge in [-0.15, -0.1) is 0 Å². The molecule has 0 saturated carbocycles. The highest BCUT2D eigenvalue weighted by Gasteiger charge is 2.15. The molecule has 0 aliphatic heterocycles. The van der Waals surface area contributed by atoms with Gasteiger partial charge >= 0.3 is 0 Å². The van der Waals surface area contributed by atoms with E-state index in [2.05, 4.69) is 16.0 Å². The molecule has 0 heterocycles. The van der Waals surface area contributed by atoms with Crippen LogP contribution in [0.15, 0.2) is 24.3 Å². The lowest BCUT2D eigenvalue weighted by atomic mass is 10.2. The summed E-state index contributed by atoms with van der Waals surface area (Å²) in [6.45, 7) is 3.91. The fourth-order valence-corrected chi connectivity index (χ4v) is 1.83. The van der Waals surface area contributed by atoms with Crippen molar-refractivity contribution in [3.8, 4) is 0 Å². The lowest BCUT2D eigenvalue weighted by molar-refractivity contribution is -0.384. The molecule has 1 aromatic rings. The fraction of sp³-hybridized carbons (Fsp3) is 0.400. The van der Waals surface area contributed by atoms with Crippen LogP contribution in [0.1, 0.15) is 30.6 Å². The molecule has 0 saturated heterocycles. The molecule has 0 aliphatic carbocycles. The van der Waals surface area contributed by atoms with Crippen LogP contribution in [-0.2, 0) is 9.59 Å². The maximum atomic E-state index is 11.8. The Balaban J connectivity index is 2.38. The van der Waals surface area contributed by atoms with Crippen molar-refractivity contribution >= 4 is 23.4 Å². The molecule has 1 rings (SSSR count). The van der Waals surface area contributed by atoms with Crippen LogP contribution in [0.4, 0.5) is 5.69 Å². The second-order valence-corrected chi connectivity index (χ2v) is 4.99. The summed E-state index contributed by atoms with van der Waals surface area (Å²) in [5.41, 5.74) is 0.155. The predicted octanol–water partition coefficient (Wildman–Crippen LogP) is 0.356. The third-order valence-electron chi connectivity index (χ3n) is 3.10. The molecular weight excluding hydrogens is 316 g/mol. The number of carbonyl (C=O) groups excluding carboxylic acids is 3. The van der Waals surface area contributed by atoms with E-state index in [1.54, 1.807) is 13.8 Å². The number of nitro groups is 1. The number of nitro benzene ring substituents is 1. The summed E-state index contributed by atoms with van der Waals surface area (Å²) in [4.78, 5) is 45.0. The molecule has 9 heteroatoms. The van der Waals surface area contributed by atoms with Crippen molar-refractivity contribution < 1.29 is 19.3 Å². The maximum absolute atomic E-state index is 11.8. The van der Waals surface area contributed by atoms with E-state index in [4.69, 9.17) is 0 Å². The minimum Gasteiger partial charge on any atom is -0.355 e. The average molecular weight is 336 g/mol. The van der Waals surface area contributed by atoms with Gasteiger partial charge in [-0.2, -0.15) is 0 Å². The quantitative estimate of drug-likeness (QED) is 0.466. The molecule has 0 fully saturated rings. The summed E-state index contributed by atoms with van der Waals surface area (Å²) in [5, 5.41) is 18.2. The Bertz CT molecular complexity index is 615. The Labute approximate surface area is 139 Å². The van der Waals surface area contributed by atoms with Crippen molar-refractivity contribution in [2.75, 3.05) is 13.1 Å². The second-order valence-electron chi connectivity index (χ2n) is 4.99. The topological polar surface area (TPSA) is 130 Å². The number of hydrogen-bond acceptors (Lipinski definition) is 5. The highest BCUT2D eigenvalue weighted by atomic mass is 16.6. The molecule has 0 radical (unpaired) electrons. The summed E-state index contributed by atoms with van der Waals surface area (Å²) in [6.07, 6.45) is 0.0163. The summed E-state index contributed by atoms with van der Waals surface area (Å²) in [6, 6.07) is 4.49. The summed E-state index contributed by atoms with van der Waals surface area (Å²) in [7, 11) is 0. The molecule has 3 N–H and O–H groups in total. The number of amides is 3. The standard InChI is InChI=1S/C15H20N4O5/c1-3-16-14(21)10(2)18-13(20)8-9-17-15(22)11-4-6-12(7-5-11)19(23)24/h4-7,10H,3,8-9H2,1-2H3,(H,16,21)(H,17,22)(H,18,20)/t10-/m0/s1. The van der Waals surface area contributed by atoms with Gasteiger partial charge in [-0.3, -0.25) is 24.5 Å². The molecule has 130 valence electrons. The number of likely N-dealkylation sites (N-methyl/N-ethyl adjacent to an activating group) is 1. The lowest BCUT2D eigenvalue weighted by Gasteiger charge is -2.13. The van der Waals surface area contributed by atoms with Crippen molar-refractivity contribution in [1.82, 2.24) is 16.0 Å². The number of non-ortho nitro benzene ring substituents is 1. The van der Waals surface area contributed by atoms with Gasteiger partial charge in [0, 0.05) is 37.2 Å². The number of benzene rings is 1.